The molecular weight excluding hydrogens is 583 g/mol. The number of hydrogen-bond donors (Lipinski definition) is 0. The lowest BCUT2D eigenvalue weighted by molar-refractivity contribution is -0.136. The quantitative estimate of drug-likeness (QED) is 0.268. The van der Waals surface area contributed by atoms with E-state index in [1.165, 1.54) is 24.5 Å². The van der Waals surface area contributed by atoms with Gasteiger partial charge < -0.3 is 9.47 Å². The number of benzene rings is 3. The minimum absolute atomic E-state index is 0.0883. The maximum absolute atomic E-state index is 13.9. The number of ether oxygens (including phenoxy) is 2. The highest BCUT2D eigenvalue weighted by Gasteiger charge is 2.33. The van der Waals surface area contributed by atoms with Gasteiger partial charge in [-0.05, 0) is 57.8 Å². The molecular formula is C30H24BrFN2O4S. The number of thiazole rings is 1. The zero-order valence-electron chi connectivity index (χ0n) is 21.2. The summed E-state index contributed by atoms with van der Waals surface area (Å²) < 4.78 is 27.6. The van der Waals surface area contributed by atoms with Crippen LogP contribution in [0.1, 0.15) is 36.1 Å². The first-order valence-electron chi connectivity index (χ1n) is 12.2. The Morgan fingerprint density at radius 3 is 2.56 bits per heavy atom. The minimum atomic E-state index is -0.645. The van der Waals surface area contributed by atoms with Gasteiger partial charge in [-0.2, -0.15) is 0 Å². The first kappa shape index (κ1) is 26.8. The van der Waals surface area contributed by atoms with Crippen LogP contribution in [0, 0.1) is 5.82 Å². The smallest absolute Gasteiger partial charge is 0.338 e. The van der Waals surface area contributed by atoms with Crippen molar-refractivity contribution in [3.8, 4) is 5.75 Å². The fourth-order valence-electron chi connectivity index (χ4n) is 4.46. The van der Waals surface area contributed by atoms with E-state index in [0.717, 1.165) is 11.1 Å². The standard InChI is InChI=1S/C30H24BrFN2O4S/c1-3-23-26(29(36)37-2)27(19-9-5-4-6-10-19)34-28(35)25(39-30(34)33-23)16-18-13-14-24(21(31)15-18)38-17-20-11-7-8-12-22(20)32/h4-16,27H,3,17H2,1-2H3/b25-16-/t27-/m1/s1. The molecule has 0 aliphatic carbocycles. The average Bonchev–Trinajstić information content (AvgIpc) is 3.26. The Morgan fingerprint density at radius 1 is 1.13 bits per heavy atom. The molecule has 0 N–H and O–H groups in total. The predicted octanol–water partition coefficient (Wildman–Crippen LogP) is 5.28. The Kier molecular flexibility index (Phi) is 7.90. The highest BCUT2D eigenvalue weighted by molar-refractivity contribution is 9.10. The van der Waals surface area contributed by atoms with Gasteiger partial charge >= 0.3 is 5.97 Å². The fraction of sp³-hybridized carbons (Fsp3) is 0.167. The van der Waals surface area contributed by atoms with E-state index in [0.29, 0.717) is 42.8 Å². The highest BCUT2D eigenvalue weighted by atomic mass is 79.9. The summed E-state index contributed by atoms with van der Waals surface area (Å²) in [5.41, 5.74) is 2.74. The predicted molar refractivity (Wildman–Crippen MR) is 152 cm³/mol. The fourth-order valence-corrected chi connectivity index (χ4v) is 5.99. The molecule has 1 atom stereocenters. The number of esters is 1. The van der Waals surface area contributed by atoms with E-state index in [2.05, 4.69) is 20.9 Å². The number of hydrogen-bond acceptors (Lipinski definition) is 6. The monoisotopic (exact) mass is 606 g/mol. The first-order chi connectivity index (χ1) is 18.9. The molecule has 0 amide bonds. The van der Waals surface area contributed by atoms with Gasteiger partial charge in [-0.3, -0.25) is 9.36 Å². The lowest BCUT2D eigenvalue weighted by Crippen LogP contribution is -2.40. The first-order valence-corrected chi connectivity index (χ1v) is 13.9. The molecule has 1 aliphatic rings. The summed E-state index contributed by atoms with van der Waals surface area (Å²) in [6, 6.07) is 20.7. The van der Waals surface area contributed by atoms with E-state index in [1.54, 1.807) is 34.9 Å². The van der Waals surface area contributed by atoms with Crippen LogP contribution in [0.25, 0.3) is 6.08 Å². The van der Waals surface area contributed by atoms with Crippen LogP contribution in [0.3, 0.4) is 0 Å². The third kappa shape index (κ3) is 5.37. The molecule has 0 bridgehead atoms. The van der Waals surface area contributed by atoms with Gasteiger partial charge in [-0.25, -0.2) is 14.2 Å². The van der Waals surface area contributed by atoms with Crippen molar-refractivity contribution in [2.45, 2.75) is 26.0 Å². The second-order valence-electron chi connectivity index (χ2n) is 8.77. The van der Waals surface area contributed by atoms with Gasteiger partial charge in [0.15, 0.2) is 4.80 Å². The molecule has 5 rings (SSSR count). The zero-order valence-corrected chi connectivity index (χ0v) is 23.6. The lowest BCUT2D eigenvalue weighted by atomic mass is 9.95. The molecule has 2 heterocycles. The van der Waals surface area contributed by atoms with Gasteiger partial charge in [-0.1, -0.05) is 72.9 Å². The number of aromatic nitrogens is 1. The van der Waals surface area contributed by atoms with Crippen LogP contribution < -0.4 is 19.6 Å². The third-order valence-corrected chi connectivity index (χ3v) is 7.96. The van der Waals surface area contributed by atoms with Crippen molar-refractivity contribution >= 4 is 39.3 Å². The van der Waals surface area contributed by atoms with Crippen LogP contribution in [0.2, 0.25) is 0 Å². The molecule has 0 spiro atoms. The molecule has 0 fully saturated rings. The van der Waals surface area contributed by atoms with E-state index in [-0.39, 0.29) is 18.0 Å². The summed E-state index contributed by atoms with van der Waals surface area (Å²) in [5.74, 6) is -0.277. The van der Waals surface area contributed by atoms with Crippen molar-refractivity contribution < 1.29 is 18.7 Å². The van der Waals surface area contributed by atoms with Crippen LogP contribution in [-0.4, -0.2) is 17.6 Å². The van der Waals surface area contributed by atoms with Crippen LogP contribution >= 0.6 is 27.3 Å². The molecule has 4 aromatic rings. The number of allylic oxidation sites excluding steroid dienone is 1. The largest absolute Gasteiger partial charge is 0.488 e. The lowest BCUT2D eigenvalue weighted by Gasteiger charge is -2.25. The van der Waals surface area contributed by atoms with E-state index < -0.39 is 12.0 Å². The highest BCUT2D eigenvalue weighted by Crippen LogP contribution is 2.32. The Bertz CT molecular complexity index is 1760. The van der Waals surface area contributed by atoms with E-state index in [1.807, 2.05) is 49.4 Å². The van der Waals surface area contributed by atoms with Crippen molar-refractivity contribution in [3.63, 3.8) is 0 Å². The summed E-state index contributed by atoms with van der Waals surface area (Å²) in [6.45, 7) is 2.01. The van der Waals surface area contributed by atoms with Gasteiger partial charge in [0.05, 0.1) is 33.4 Å². The van der Waals surface area contributed by atoms with Crippen molar-refractivity contribution in [1.29, 1.82) is 0 Å². The van der Waals surface area contributed by atoms with Crippen LogP contribution in [-0.2, 0) is 16.1 Å². The zero-order chi connectivity index (χ0) is 27.5. The van der Waals surface area contributed by atoms with Crippen molar-refractivity contribution in [2.24, 2.45) is 4.99 Å². The van der Waals surface area contributed by atoms with E-state index >= 15 is 0 Å². The molecule has 3 aromatic carbocycles. The summed E-state index contributed by atoms with van der Waals surface area (Å²) in [7, 11) is 1.33. The molecule has 198 valence electrons. The number of rotatable bonds is 7. The Hall–Kier alpha value is -3.82. The molecule has 6 nitrogen and oxygen atoms in total. The second-order valence-corrected chi connectivity index (χ2v) is 10.6. The Labute approximate surface area is 236 Å². The molecule has 9 heteroatoms. The number of carbonyl (C=O) groups excluding carboxylic acids is 1. The van der Waals surface area contributed by atoms with Crippen LogP contribution in [0.5, 0.6) is 5.75 Å². The van der Waals surface area contributed by atoms with Gasteiger partial charge in [0.1, 0.15) is 18.2 Å². The molecule has 39 heavy (non-hydrogen) atoms. The number of carbonyl (C=O) groups is 1. The van der Waals surface area contributed by atoms with Crippen molar-refractivity contribution in [3.05, 3.63) is 131 Å². The molecule has 0 unspecified atom stereocenters. The maximum Gasteiger partial charge on any atom is 0.338 e. The molecule has 1 aliphatic heterocycles. The molecule has 0 radical (unpaired) electrons. The number of halogens is 2. The molecule has 1 aromatic heterocycles. The molecule has 0 saturated carbocycles. The van der Waals surface area contributed by atoms with E-state index in [9.17, 15) is 14.0 Å². The topological polar surface area (TPSA) is 69.9 Å². The number of methoxy groups -OCH3 is 1. The van der Waals surface area contributed by atoms with Gasteiger partial charge in [-0.15, -0.1) is 0 Å². The normalized spacial score (nSPS) is 15.1. The summed E-state index contributed by atoms with van der Waals surface area (Å²) in [5, 5.41) is 0. The SMILES string of the molecule is CCC1=C(C(=O)OC)[C@@H](c2ccccc2)n2c(s/c(=C\c3ccc(OCc4ccccc4F)c(Br)c3)c2=O)=N1. The Morgan fingerprint density at radius 2 is 1.87 bits per heavy atom. The third-order valence-electron chi connectivity index (χ3n) is 6.36. The average molecular weight is 608 g/mol. The Balaban J connectivity index is 1.54. The maximum atomic E-state index is 13.9. The summed E-state index contributed by atoms with van der Waals surface area (Å²) in [4.78, 5) is 31.8. The second kappa shape index (κ2) is 11.5. The van der Waals surface area contributed by atoms with Gasteiger partial charge in [0, 0.05) is 5.56 Å². The molecule has 0 saturated heterocycles. The number of fused-ring (bicyclic) bond motifs is 1. The van der Waals surface area contributed by atoms with Crippen LogP contribution in [0.4, 0.5) is 4.39 Å². The van der Waals surface area contributed by atoms with Gasteiger partial charge in [0.25, 0.3) is 5.56 Å². The number of nitrogens with zero attached hydrogens (tertiary/aromatic N) is 2. The van der Waals surface area contributed by atoms with E-state index in [4.69, 9.17) is 9.47 Å². The summed E-state index contributed by atoms with van der Waals surface area (Å²) in [6.07, 6.45) is 2.30. The van der Waals surface area contributed by atoms with Crippen molar-refractivity contribution in [2.75, 3.05) is 7.11 Å². The van der Waals surface area contributed by atoms with Crippen LogP contribution in [0.15, 0.2) is 98.3 Å². The summed E-state index contributed by atoms with van der Waals surface area (Å²) >= 11 is 4.79. The van der Waals surface area contributed by atoms with Crippen molar-refractivity contribution in [1.82, 2.24) is 4.57 Å². The van der Waals surface area contributed by atoms with Gasteiger partial charge in [0.2, 0.25) is 0 Å². The minimum Gasteiger partial charge on any atom is -0.488 e.